The van der Waals surface area contributed by atoms with E-state index in [1.54, 1.807) is 16.8 Å². The first-order valence-corrected chi connectivity index (χ1v) is 9.66. The molecule has 1 aromatic carbocycles. The molecule has 1 amide bonds. The van der Waals surface area contributed by atoms with Crippen molar-refractivity contribution in [2.75, 3.05) is 26.0 Å². The van der Waals surface area contributed by atoms with Gasteiger partial charge in [0.1, 0.15) is 17.6 Å². The van der Waals surface area contributed by atoms with E-state index in [-0.39, 0.29) is 17.7 Å². The lowest BCUT2D eigenvalue weighted by Crippen LogP contribution is -2.39. The highest BCUT2D eigenvalue weighted by Gasteiger charge is 2.19. The number of benzene rings is 1. The van der Waals surface area contributed by atoms with E-state index < -0.39 is 0 Å². The van der Waals surface area contributed by atoms with E-state index in [1.165, 1.54) is 6.33 Å². The molecule has 0 saturated heterocycles. The van der Waals surface area contributed by atoms with Crippen molar-refractivity contribution in [3.63, 3.8) is 0 Å². The molecule has 2 aromatic heterocycles. The molecule has 8 heteroatoms. The predicted molar refractivity (Wildman–Crippen MR) is 114 cm³/mol. The fourth-order valence-electron chi connectivity index (χ4n) is 3.30. The molecule has 0 aliphatic rings. The lowest BCUT2D eigenvalue weighted by molar-refractivity contribution is 0.0941. The Labute approximate surface area is 170 Å². The van der Waals surface area contributed by atoms with Crippen LogP contribution in [0.2, 0.25) is 0 Å². The summed E-state index contributed by atoms with van der Waals surface area (Å²) in [4.78, 5) is 19.2. The maximum absolute atomic E-state index is 12.8. The summed E-state index contributed by atoms with van der Waals surface area (Å²) >= 11 is 0. The van der Waals surface area contributed by atoms with E-state index in [0.29, 0.717) is 23.6 Å². The number of phenols is 1. The van der Waals surface area contributed by atoms with Gasteiger partial charge in [-0.3, -0.25) is 4.79 Å². The van der Waals surface area contributed by atoms with Gasteiger partial charge in [0.25, 0.3) is 5.91 Å². The number of hydrogen-bond donors (Lipinski definition) is 3. The highest BCUT2D eigenvalue weighted by atomic mass is 16.3. The van der Waals surface area contributed by atoms with Gasteiger partial charge in [-0.15, -0.1) is 0 Å². The van der Waals surface area contributed by atoms with Crippen LogP contribution in [0.1, 0.15) is 34.8 Å². The van der Waals surface area contributed by atoms with Crippen LogP contribution < -0.4 is 10.6 Å². The fraction of sp³-hybridized carbons (Fsp3) is 0.381. The maximum atomic E-state index is 12.8. The molecule has 0 fully saturated rings. The van der Waals surface area contributed by atoms with Crippen molar-refractivity contribution in [1.82, 2.24) is 24.8 Å². The van der Waals surface area contributed by atoms with Crippen molar-refractivity contribution in [1.29, 1.82) is 0 Å². The lowest BCUT2D eigenvalue weighted by atomic mass is 10.1. The average Bonchev–Trinajstić information content (AvgIpc) is 3.02. The highest BCUT2D eigenvalue weighted by molar-refractivity contribution is 5.99. The zero-order valence-electron chi connectivity index (χ0n) is 17.5. The van der Waals surface area contributed by atoms with E-state index in [1.807, 2.05) is 40.1 Å². The van der Waals surface area contributed by atoms with Crippen LogP contribution in [0.4, 0.5) is 11.5 Å². The van der Waals surface area contributed by atoms with Crippen LogP contribution in [0.25, 0.3) is 5.52 Å². The second-order valence-corrected chi connectivity index (χ2v) is 7.43. The Morgan fingerprint density at radius 1 is 1.31 bits per heavy atom. The monoisotopic (exact) mass is 396 g/mol. The van der Waals surface area contributed by atoms with Crippen LogP contribution in [-0.4, -0.2) is 57.2 Å². The minimum Gasteiger partial charge on any atom is -0.508 e. The quantitative estimate of drug-likeness (QED) is 0.568. The standard InChI is InChI=1S/C21H28N6O2/c1-6-16(26(4)5)10-22-21(29)17-11-27-19(14(17)3)20(23-12-24-27)25-15-8-7-13(2)18(28)9-15/h7-9,11-12,16,28H,6,10H2,1-5H3,(H,22,29)(H,23,24,25). The summed E-state index contributed by atoms with van der Waals surface area (Å²) in [5.41, 5.74) is 3.58. The van der Waals surface area contributed by atoms with Gasteiger partial charge in [-0.1, -0.05) is 13.0 Å². The van der Waals surface area contributed by atoms with Crippen LogP contribution in [-0.2, 0) is 0 Å². The molecule has 29 heavy (non-hydrogen) atoms. The molecule has 0 spiro atoms. The van der Waals surface area contributed by atoms with Crippen molar-refractivity contribution in [2.45, 2.75) is 33.2 Å². The number of hydrogen-bond acceptors (Lipinski definition) is 6. The summed E-state index contributed by atoms with van der Waals surface area (Å²) < 4.78 is 1.65. The summed E-state index contributed by atoms with van der Waals surface area (Å²) in [5.74, 6) is 0.644. The molecule has 1 atom stereocenters. The number of anilines is 2. The summed E-state index contributed by atoms with van der Waals surface area (Å²) in [6.45, 7) is 6.40. The first-order chi connectivity index (χ1) is 13.8. The molecular weight excluding hydrogens is 368 g/mol. The third kappa shape index (κ3) is 4.32. The molecule has 154 valence electrons. The van der Waals surface area contributed by atoms with Gasteiger partial charge in [0, 0.05) is 30.5 Å². The summed E-state index contributed by atoms with van der Waals surface area (Å²) in [7, 11) is 4.02. The van der Waals surface area contributed by atoms with Crippen LogP contribution in [0.15, 0.2) is 30.7 Å². The van der Waals surface area contributed by atoms with Gasteiger partial charge in [-0.05, 0) is 51.6 Å². The smallest absolute Gasteiger partial charge is 0.253 e. The Hall–Kier alpha value is -3.13. The molecule has 0 aliphatic heterocycles. The van der Waals surface area contributed by atoms with Gasteiger partial charge < -0.3 is 20.6 Å². The van der Waals surface area contributed by atoms with Crippen LogP contribution in [0.3, 0.4) is 0 Å². The molecule has 0 radical (unpaired) electrons. The third-order valence-corrected chi connectivity index (χ3v) is 5.24. The fourth-order valence-corrected chi connectivity index (χ4v) is 3.30. The number of aryl methyl sites for hydroxylation is 2. The number of likely N-dealkylation sites (N-methyl/N-ethyl adjacent to an activating group) is 1. The largest absolute Gasteiger partial charge is 0.508 e. The van der Waals surface area contributed by atoms with E-state index in [2.05, 4.69) is 32.5 Å². The van der Waals surface area contributed by atoms with Crippen LogP contribution >= 0.6 is 0 Å². The Bertz CT molecular complexity index is 1030. The predicted octanol–water partition coefficient (Wildman–Crippen LogP) is 2.87. The number of rotatable bonds is 7. The summed E-state index contributed by atoms with van der Waals surface area (Å²) in [6.07, 6.45) is 4.10. The first kappa shape index (κ1) is 20.6. The number of aromatic nitrogens is 3. The number of fused-ring (bicyclic) bond motifs is 1. The van der Waals surface area contributed by atoms with Gasteiger partial charge in [-0.25, -0.2) is 9.50 Å². The number of carbonyl (C=O) groups is 1. The topological polar surface area (TPSA) is 94.8 Å². The molecule has 2 heterocycles. The van der Waals surface area contributed by atoms with Crippen molar-refractivity contribution in [3.05, 3.63) is 47.4 Å². The molecule has 3 rings (SSSR count). The van der Waals surface area contributed by atoms with Crippen molar-refractivity contribution in [2.24, 2.45) is 0 Å². The maximum Gasteiger partial charge on any atom is 0.253 e. The van der Waals surface area contributed by atoms with E-state index in [9.17, 15) is 9.90 Å². The second-order valence-electron chi connectivity index (χ2n) is 7.43. The molecule has 8 nitrogen and oxygen atoms in total. The Balaban J connectivity index is 1.88. The second kappa shape index (κ2) is 8.48. The summed E-state index contributed by atoms with van der Waals surface area (Å²) in [6, 6.07) is 5.62. The van der Waals surface area contributed by atoms with Gasteiger partial charge in [0.05, 0.1) is 5.56 Å². The van der Waals surface area contributed by atoms with Crippen molar-refractivity contribution < 1.29 is 9.90 Å². The Morgan fingerprint density at radius 2 is 2.07 bits per heavy atom. The molecule has 1 unspecified atom stereocenters. The van der Waals surface area contributed by atoms with Crippen LogP contribution in [0.5, 0.6) is 5.75 Å². The normalized spacial score (nSPS) is 12.3. The van der Waals surface area contributed by atoms with Crippen molar-refractivity contribution in [3.8, 4) is 5.75 Å². The molecule has 3 N–H and O–H groups in total. The first-order valence-electron chi connectivity index (χ1n) is 9.66. The van der Waals surface area contributed by atoms with Gasteiger partial charge in [0.2, 0.25) is 0 Å². The average molecular weight is 396 g/mol. The third-order valence-electron chi connectivity index (χ3n) is 5.24. The molecule has 0 bridgehead atoms. The number of amides is 1. The number of carbonyl (C=O) groups excluding carboxylic acids is 1. The summed E-state index contributed by atoms with van der Waals surface area (Å²) in [5, 5.41) is 20.4. The molecule has 3 aromatic rings. The van der Waals surface area contributed by atoms with Crippen LogP contribution in [0, 0.1) is 13.8 Å². The van der Waals surface area contributed by atoms with Gasteiger partial charge in [0.15, 0.2) is 5.82 Å². The Morgan fingerprint density at radius 3 is 2.72 bits per heavy atom. The number of phenolic OH excluding ortho intramolecular Hbond substituents is 1. The Kier molecular flexibility index (Phi) is 6.03. The zero-order chi connectivity index (χ0) is 21.1. The number of aromatic hydroxyl groups is 1. The minimum atomic E-state index is -0.132. The highest BCUT2D eigenvalue weighted by Crippen LogP contribution is 2.27. The van der Waals surface area contributed by atoms with E-state index in [4.69, 9.17) is 0 Å². The molecular formula is C21H28N6O2. The molecule has 0 saturated carbocycles. The number of nitrogens with zero attached hydrogens (tertiary/aromatic N) is 4. The SMILES string of the molecule is CCC(CNC(=O)c1cn2ncnc(Nc3ccc(C)c(O)c3)c2c1C)N(C)C. The van der Waals surface area contributed by atoms with Gasteiger partial charge >= 0.3 is 0 Å². The zero-order valence-corrected chi connectivity index (χ0v) is 17.5. The minimum absolute atomic E-state index is 0.132. The van der Waals surface area contributed by atoms with E-state index >= 15 is 0 Å². The molecule has 0 aliphatic carbocycles. The van der Waals surface area contributed by atoms with E-state index in [0.717, 1.165) is 23.1 Å². The number of nitrogens with one attached hydrogen (secondary N) is 2. The van der Waals surface area contributed by atoms with Crippen molar-refractivity contribution >= 4 is 22.9 Å². The lowest BCUT2D eigenvalue weighted by Gasteiger charge is -2.22. The van der Waals surface area contributed by atoms with Gasteiger partial charge in [-0.2, -0.15) is 5.10 Å².